The Morgan fingerprint density at radius 3 is 2.50 bits per heavy atom. The molecule has 1 amide bonds. The number of primary amides is 1. The maximum atomic E-state index is 11.9. The normalized spacial score (nSPS) is 11.2. The van der Waals surface area contributed by atoms with Crippen molar-refractivity contribution in [3.8, 4) is 11.8 Å². The highest BCUT2D eigenvalue weighted by atomic mass is 16.5. The topological polar surface area (TPSA) is 125 Å². The summed E-state index contributed by atoms with van der Waals surface area (Å²) < 4.78 is 5.38. The Morgan fingerprint density at radius 2 is 1.96 bits per heavy atom. The Labute approximate surface area is 151 Å². The highest BCUT2D eigenvalue weighted by Crippen LogP contribution is 2.30. The number of hydrogen-bond acceptors (Lipinski definition) is 5. The maximum Gasteiger partial charge on any atom is 0.330 e. The number of carboxylic acid groups (broad SMARTS) is 1. The van der Waals surface area contributed by atoms with E-state index in [9.17, 15) is 14.7 Å². The Hall–Kier alpha value is -3.53. The van der Waals surface area contributed by atoms with Gasteiger partial charge in [0.1, 0.15) is 5.75 Å². The van der Waals surface area contributed by atoms with Gasteiger partial charge < -0.3 is 20.9 Å². The minimum atomic E-state index is -1.11. The Morgan fingerprint density at radius 1 is 1.27 bits per heavy atom. The number of hydrogen-bond donors (Lipinski definition) is 3. The van der Waals surface area contributed by atoms with E-state index in [1.165, 1.54) is 0 Å². The summed E-state index contributed by atoms with van der Waals surface area (Å²) in [4.78, 5) is 22.9. The van der Waals surface area contributed by atoms with Gasteiger partial charge in [0.05, 0.1) is 11.6 Å². The Bertz CT molecular complexity index is 841. The van der Waals surface area contributed by atoms with E-state index >= 15 is 0 Å². The molecule has 0 saturated carbocycles. The lowest BCUT2D eigenvalue weighted by Gasteiger charge is -2.20. The number of aliphatic carboxylic acids is 1. The molecule has 1 atom stereocenters. The number of ether oxygens (including phenoxy) is 1. The van der Waals surface area contributed by atoms with Gasteiger partial charge >= 0.3 is 5.97 Å². The van der Waals surface area contributed by atoms with Crippen molar-refractivity contribution < 1.29 is 19.4 Å². The van der Waals surface area contributed by atoms with E-state index in [0.717, 1.165) is 5.56 Å². The summed E-state index contributed by atoms with van der Waals surface area (Å²) in [5.74, 6) is -1.48. The summed E-state index contributed by atoms with van der Waals surface area (Å²) in [6.45, 7) is 1.61. The van der Waals surface area contributed by atoms with Crippen LogP contribution in [0.15, 0.2) is 42.5 Å². The Kier molecular flexibility index (Phi) is 6.17. The van der Waals surface area contributed by atoms with E-state index < -0.39 is 17.9 Å². The van der Waals surface area contributed by atoms with E-state index in [1.54, 1.807) is 42.5 Å². The maximum absolute atomic E-state index is 11.9. The predicted molar refractivity (Wildman–Crippen MR) is 95.7 cm³/mol. The SMILES string of the molecule is CCc1ccc(OCC(N)=O)c(C(Nc2ccc(C#N)cc2)C(=O)O)c1. The average Bonchev–Trinajstić information content (AvgIpc) is 2.64. The zero-order chi connectivity index (χ0) is 19.1. The van der Waals surface area contributed by atoms with E-state index in [1.807, 2.05) is 13.0 Å². The molecule has 2 rings (SSSR count). The molecule has 0 fully saturated rings. The van der Waals surface area contributed by atoms with Crippen molar-refractivity contribution in [2.45, 2.75) is 19.4 Å². The van der Waals surface area contributed by atoms with Gasteiger partial charge in [0.25, 0.3) is 5.91 Å². The van der Waals surface area contributed by atoms with Crippen molar-refractivity contribution >= 4 is 17.6 Å². The van der Waals surface area contributed by atoms with Gasteiger partial charge in [-0.3, -0.25) is 4.79 Å². The second-order valence-corrected chi connectivity index (χ2v) is 5.59. The molecule has 4 N–H and O–H groups in total. The predicted octanol–water partition coefficient (Wildman–Crippen LogP) is 2.22. The zero-order valence-corrected chi connectivity index (χ0v) is 14.2. The number of carbonyl (C=O) groups is 2. The van der Waals surface area contributed by atoms with Gasteiger partial charge in [0.15, 0.2) is 12.6 Å². The van der Waals surface area contributed by atoms with Crippen molar-refractivity contribution in [2.75, 3.05) is 11.9 Å². The number of aryl methyl sites for hydroxylation is 1. The van der Waals surface area contributed by atoms with Gasteiger partial charge in [0, 0.05) is 11.3 Å². The number of carboxylic acids is 1. The molecule has 0 heterocycles. The van der Waals surface area contributed by atoms with Crippen molar-refractivity contribution in [3.05, 3.63) is 59.2 Å². The molecular weight excluding hydrogens is 334 g/mol. The molecule has 0 aliphatic carbocycles. The smallest absolute Gasteiger partial charge is 0.330 e. The fourth-order valence-corrected chi connectivity index (χ4v) is 2.40. The number of nitriles is 1. The molecule has 0 saturated heterocycles. The van der Waals surface area contributed by atoms with Crippen LogP contribution in [0, 0.1) is 11.3 Å². The molecule has 2 aromatic rings. The minimum absolute atomic E-state index is 0.273. The van der Waals surface area contributed by atoms with Crippen LogP contribution in [0.2, 0.25) is 0 Å². The molecule has 26 heavy (non-hydrogen) atoms. The van der Waals surface area contributed by atoms with Crippen LogP contribution in [0.5, 0.6) is 5.75 Å². The number of nitrogens with two attached hydrogens (primary N) is 1. The summed E-state index contributed by atoms with van der Waals surface area (Å²) in [5.41, 5.74) is 7.45. The van der Waals surface area contributed by atoms with Crippen LogP contribution in [0.4, 0.5) is 5.69 Å². The Balaban J connectivity index is 2.38. The zero-order valence-electron chi connectivity index (χ0n) is 14.2. The van der Waals surface area contributed by atoms with Crippen LogP contribution in [-0.4, -0.2) is 23.6 Å². The number of carbonyl (C=O) groups excluding carboxylic acids is 1. The summed E-state index contributed by atoms with van der Waals surface area (Å²) in [6, 6.07) is 12.5. The van der Waals surface area contributed by atoms with E-state index in [4.69, 9.17) is 15.7 Å². The number of nitrogens with one attached hydrogen (secondary N) is 1. The molecule has 0 aliphatic heterocycles. The van der Waals surface area contributed by atoms with Gasteiger partial charge in [-0.1, -0.05) is 13.0 Å². The summed E-state index contributed by atoms with van der Waals surface area (Å²) in [7, 11) is 0. The number of nitrogens with zero attached hydrogens (tertiary/aromatic N) is 1. The van der Waals surface area contributed by atoms with Crippen LogP contribution in [0.3, 0.4) is 0 Å². The van der Waals surface area contributed by atoms with Gasteiger partial charge in [0.2, 0.25) is 0 Å². The van der Waals surface area contributed by atoms with E-state index in [2.05, 4.69) is 5.32 Å². The fourth-order valence-electron chi connectivity index (χ4n) is 2.40. The molecule has 0 aromatic heterocycles. The molecule has 0 aliphatic rings. The van der Waals surface area contributed by atoms with Gasteiger partial charge in [-0.2, -0.15) is 5.26 Å². The lowest BCUT2D eigenvalue weighted by atomic mass is 10.0. The van der Waals surface area contributed by atoms with Crippen LogP contribution in [0.1, 0.15) is 29.7 Å². The molecule has 134 valence electrons. The third-order valence-corrected chi connectivity index (χ3v) is 3.74. The molecule has 2 aromatic carbocycles. The van der Waals surface area contributed by atoms with E-state index in [0.29, 0.717) is 23.2 Å². The minimum Gasteiger partial charge on any atom is -0.483 e. The summed E-state index contributed by atoms with van der Waals surface area (Å²) >= 11 is 0. The molecule has 0 spiro atoms. The first kappa shape index (κ1) is 18.8. The first-order chi connectivity index (χ1) is 12.4. The number of anilines is 1. The van der Waals surface area contributed by atoms with Crippen molar-refractivity contribution in [3.63, 3.8) is 0 Å². The molecule has 7 nitrogen and oxygen atoms in total. The molecule has 0 bridgehead atoms. The number of amides is 1. The number of rotatable bonds is 8. The lowest BCUT2D eigenvalue weighted by molar-refractivity contribution is -0.138. The van der Waals surface area contributed by atoms with Crippen molar-refractivity contribution in [1.29, 1.82) is 5.26 Å². The molecule has 0 radical (unpaired) electrons. The van der Waals surface area contributed by atoms with Crippen LogP contribution >= 0.6 is 0 Å². The fraction of sp³-hybridized carbons (Fsp3) is 0.211. The lowest BCUT2D eigenvalue weighted by Crippen LogP contribution is -2.24. The van der Waals surface area contributed by atoms with Crippen LogP contribution < -0.4 is 15.8 Å². The largest absolute Gasteiger partial charge is 0.483 e. The second kappa shape index (κ2) is 8.53. The quantitative estimate of drug-likeness (QED) is 0.668. The van der Waals surface area contributed by atoms with Crippen molar-refractivity contribution in [2.24, 2.45) is 5.73 Å². The average molecular weight is 353 g/mol. The van der Waals surface area contributed by atoms with Crippen LogP contribution in [-0.2, 0) is 16.0 Å². The van der Waals surface area contributed by atoms with Crippen molar-refractivity contribution in [1.82, 2.24) is 0 Å². The van der Waals surface area contributed by atoms with E-state index in [-0.39, 0.29) is 12.4 Å². The first-order valence-electron chi connectivity index (χ1n) is 7.98. The molecule has 1 unspecified atom stereocenters. The highest BCUT2D eigenvalue weighted by molar-refractivity contribution is 5.81. The van der Waals surface area contributed by atoms with Crippen LogP contribution in [0.25, 0.3) is 0 Å². The van der Waals surface area contributed by atoms with Gasteiger partial charge in [-0.05, 0) is 48.4 Å². The first-order valence-corrected chi connectivity index (χ1v) is 7.98. The standard InChI is InChI=1S/C19H19N3O4/c1-2-12-5-8-16(26-11-17(21)23)15(9-12)18(19(24)25)22-14-6-3-13(10-20)4-7-14/h3-9,18,22H,2,11H2,1H3,(H2,21,23)(H,24,25). The highest BCUT2D eigenvalue weighted by Gasteiger charge is 2.24. The van der Waals surface area contributed by atoms with Gasteiger partial charge in [-0.25, -0.2) is 4.79 Å². The summed E-state index contributed by atoms with van der Waals surface area (Å²) in [5, 5.41) is 21.5. The molecular formula is C19H19N3O4. The van der Waals surface area contributed by atoms with Gasteiger partial charge in [-0.15, -0.1) is 0 Å². The third kappa shape index (κ3) is 4.74. The summed E-state index contributed by atoms with van der Waals surface area (Å²) in [6.07, 6.45) is 0.715. The second-order valence-electron chi connectivity index (χ2n) is 5.59. The third-order valence-electron chi connectivity index (χ3n) is 3.74. The molecule has 7 heteroatoms. The number of benzene rings is 2. The monoisotopic (exact) mass is 353 g/mol.